The van der Waals surface area contributed by atoms with E-state index < -0.39 is 17.7 Å². The summed E-state index contributed by atoms with van der Waals surface area (Å²) in [6.07, 6.45) is 0.701. The molecule has 26 heavy (non-hydrogen) atoms. The standard InChI is InChI=1S/C20H20N2O4/c1-26-16-9-7-14(8-10-16)21-19(24)18-17(23)12-15(22-20(18)25)11-13-5-3-2-4-6-13/h2-10,15,18H,11-12H2,1H3,(H,21,24)(H,22,25). The average molecular weight is 352 g/mol. The zero-order valence-corrected chi connectivity index (χ0v) is 14.4. The first-order valence-electron chi connectivity index (χ1n) is 8.39. The molecule has 1 fully saturated rings. The van der Waals surface area contributed by atoms with Gasteiger partial charge in [-0.15, -0.1) is 0 Å². The number of ketones is 1. The Balaban J connectivity index is 1.62. The van der Waals surface area contributed by atoms with E-state index in [2.05, 4.69) is 10.6 Å². The first-order chi connectivity index (χ1) is 12.6. The number of hydrogen-bond acceptors (Lipinski definition) is 4. The van der Waals surface area contributed by atoms with Crippen LogP contribution in [-0.2, 0) is 20.8 Å². The largest absolute Gasteiger partial charge is 0.497 e. The minimum absolute atomic E-state index is 0.140. The Bertz CT molecular complexity index is 784. The molecule has 0 bridgehead atoms. The van der Waals surface area contributed by atoms with E-state index >= 15 is 0 Å². The van der Waals surface area contributed by atoms with E-state index in [0.29, 0.717) is 17.9 Å². The van der Waals surface area contributed by atoms with Gasteiger partial charge in [-0.05, 0) is 36.2 Å². The molecule has 3 rings (SSSR count). The zero-order chi connectivity index (χ0) is 18.5. The third kappa shape index (κ3) is 4.08. The first kappa shape index (κ1) is 17.7. The van der Waals surface area contributed by atoms with Gasteiger partial charge in [0, 0.05) is 18.2 Å². The fraction of sp³-hybridized carbons (Fsp3) is 0.250. The molecule has 0 aromatic heterocycles. The van der Waals surface area contributed by atoms with Crippen molar-refractivity contribution in [3.05, 3.63) is 60.2 Å². The van der Waals surface area contributed by atoms with Gasteiger partial charge in [0.1, 0.15) is 5.75 Å². The summed E-state index contributed by atoms with van der Waals surface area (Å²) < 4.78 is 5.05. The van der Waals surface area contributed by atoms with E-state index in [4.69, 9.17) is 4.74 Å². The van der Waals surface area contributed by atoms with Gasteiger partial charge in [0.2, 0.25) is 11.8 Å². The highest BCUT2D eigenvalue weighted by Crippen LogP contribution is 2.19. The van der Waals surface area contributed by atoms with Gasteiger partial charge in [-0.1, -0.05) is 30.3 Å². The molecule has 1 aliphatic rings. The minimum atomic E-state index is -1.32. The van der Waals surface area contributed by atoms with Crippen LogP contribution in [-0.4, -0.2) is 30.7 Å². The Kier molecular flexibility index (Phi) is 5.31. The Hall–Kier alpha value is -3.15. The SMILES string of the molecule is COc1ccc(NC(=O)C2C(=O)CC(Cc3ccccc3)NC2=O)cc1. The summed E-state index contributed by atoms with van der Waals surface area (Å²) in [6.45, 7) is 0. The maximum Gasteiger partial charge on any atom is 0.244 e. The van der Waals surface area contributed by atoms with Crippen LogP contribution in [0.15, 0.2) is 54.6 Å². The second kappa shape index (κ2) is 7.82. The molecule has 134 valence electrons. The summed E-state index contributed by atoms with van der Waals surface area (Å²) in [5.74, 6) is -2.19. The summed E-state index contributed by atoms with van der Waals surface area (Å²) >= 11 is 0. The van der Waals surface area contributed by atoms with Crippen molar-refractivity contribution >= 4 is 23.3 Å². The number of piperidine rings is 1. The normalized spacial score (nSPS) is 19.6. The van der Waals surface area contributed by atoms with Gasteiger partial charge in [0.15, 0.2) is 11.7 Å². The number of hydrogen-bond donors (Lipinski definition) is 2. The van der Waals surface area contributed by atoms with Crippen molar-refractivity contribution in [2.45, 2.75) is 18.9 Å². The fourth-order valence-corrected chi connectivity index (χ4v) is 3.02. The van der Waals surface area contributed by atoms with E-state index in [1.165, 1.54) is 0 Å². The number of methoxy groups -OCH3 is 1. The molecule has 0 spiro atoms. The van der Waals surface area contributed by atoms with Crippen LogP contribution in [0.2, 0.25) is 0 Å². The summed E-state index contributed by atoms with van der Waals surface area (Å²) in [6, 6.07) is 16.0. The van der Waals surface area contributed by atoms with Crippen LogP contribution in [0.5, 0.6) is 5.75 Å². The molecule has 1 aliphatic heterocycles. The number of Topliss-reactive ketones (excluding diaryl/α,β-unsaturated/α-hetero) is 1. The van der Waals surface area contributed by atoms with Crippen LogP contribution in [0.3, 0.4) is 0 Å². The fourth-order valence-electron chi connectivity index (χ4n) is 3.02. The van der Waals surface area contributed by atoms with Crippen LogP contribution in [0.1, 0.15) is 12.0 Å². The number of amides is 2. The van der Waals surface area contributed by atoms with Crippen molar-refractivity contribution in [3.8, 4) is 5.75 Å². The molecule has 2 aromatic rings. The first-order valence-corrected chi connectivity index (χ1v) is 8.39. The Morgan fingerprint density at radius 1 is 1.12 bits per heavy atom. The maximum absolute atomic E-state index is 12.4. The number of anilines is 1. The summed E-state index contributed by atoms with van der Waals surface area (Å²) in [4.78, 5) is 37.1. The lowest BCUT2D eigenvalue weighted by Crippen LogP contribution is -2.53. The van der Waals surface area contributed by atoms with E-state index in [-0.39, 0.29) is 18.2 Å². The van der Waals surface area contributed by atoms with Crippen molar-refractivity contribution in [3.63, 3.8) is 0 Å². The lowest BCUT2D eigenvalue weighted by Gasteiger charge is -2.27. The van der Waals surface area contributed by atoms with E-state index in [0.717, 1.165) is 5.56 Å². The third-order valence-corrected chi connectivity index (χ3v) is 4.32. The van der Waals surface area contributed by atoms with Crippen LogP contribution >= 0.6 is 0 Å². The van der Waals surface area contributed by atoms with Crippen molar-refractivity contribution in [2.75, 3.05) is 12.4 Å². The molecule has 6 heteroatoms. The molecular weight excluding hydrogens is 332 g/mol. The van der Waals surface area contributed by atoms with Gasteiger partial charge >= 0.3 is 0 Å². The lowest BCUT2D eigenvalue weighted by atomic mass is 9.89. The number of ether oxygens (including phenoxy) is 1. The molecule has 2 N–H and O–H groups in total. The second-order valence-corrected chi connectivity index (χ2v) is 6.22. The number of carbonyl (C=O) groups is 3. The van der Waals surface area contributed by atoms with E-state index in [9.17, 15) is 14.4 Å². The van der Waals surface area contributed by atoms with Crippen molar-refractivity contribution in [1.29, 1.82) is 0 Å². The highest BCUT2D eigenvalue weighted by molar-refractivity contribution is 6.22. The Morgan fingerprint density at radius 3 is 2.42 bits per heavy atom. The van der Waals surface area contributed by atoms with Gasteiger partial charge in [-0.2, -0.15) is 0 Å². The second-order valence-electron chi connectivity index (χ2n) is 6.22. The molecule has 0 aliphatic carbocycles. The molecule has 2 amide bonds. The molecule has 2 aromatic carbocycles. The van der Waals surface area contributed by atoms with Gasteiger partial charge < -0.3 is 15.4 Å². The predicted octanol–water partition coefficient (Wildman–Crippen LogP) is 1.95. The number of rotatable bonds is 5. The van der Waals surface area contributed by atoms with Crippen LogP contribution in [0, 0.1) is 5.92 Å². The van der Waals surface area contributed by atoms with Gasteiger partial charge in [0.25, 0.3) is 0 Å². The smallest absolute Gasteiger partial charge is 0.244 e. The van der Waals surface area contributed by atoms with E-state index in [1.54, 1.807) is 31.4 Å². The van der Waals surface area contributed by atoms with Gasteiger partial charge in [-0.3, -0.25) is 14.4 Å². The Labute approximate surface area is 151 Å². The molecule has 2 unspecified atom stereocenters. The highest BCUT2D eigenvalue weighted by Gasteiger charge is 2.40. The minimum Gasteiger partial charge on any atom is -0.497 e. The van der Waals surface area contributed by atoms with Crippen molar-refractivity contribution in [1.82, 2.24) is 5.32 Å². The molecular formula is C20H20N2O4. The van der Waals surface area contributed by atoms with Crippen molar-refractivity contribution in [2.24, 2.45) is 5.92 Å². The van der Waals surface area contributed by atoms with Crippen molar-refractivity contribution < 1.29 is 19.1 Å². The number of benzene rings is 2. The number of nitrogens with one attached hydrogen (secondary N) is 2. The predicted molar refractivity (Wildman–Crippen MR) is 96.8 cm³/mol. The average Bonchev–Trinajstić information content (AvgIpc) is 2.62. The van der Waals surface area contributed by atoms with E-state index in [1.807, 2.05) is 30.3 Å². The maximum atomic E-state index is 12.4. The summed E-state index contributed by atoms with van der Waals surface area (Å²) in [5, 5.41) is 5.40. The summed E-state index contributed by atoms with van der Waals surface area (Å²) in [7, 11) is 1.55. The Morgan fingerprint density at radius 2 is 1.81 bits per heavy atom. The zero-order valence-electron chi connectivity index (χ0n) is 14.4. The van der Waals surface area contributed by atoms with Crippen LogP contribution < -0.4 is 15.4 Å². The van der Waals surface area contributed by atoms with Crippen LogP contribution in [0.25, 0.3) is 0 Å². The lowest BCUT2D eigenvalue weighted by molar-refractivity contribution is -0.143. The monoisotopic (exact) mass is 352 g/mol. The number of carbonyl (C=O) groups excluding carboxylic acids is 3. The third-order valence-electron chi connectivity index (χ3n) is 4.32. The highest BCUT2D eigenvalue weighted by atomic mass is 16.5. The molecule has 0 radical (unpaired) electrons. The quantitative estimate of drug-likeness (QED) is 0.806. The molecule has 6 nitrogen and oxygen atoms in total. The van der Waals surface area contributed by atoms with Crippen LogP contribution in [0.4, 0.5) is 5.69 Å². The topological polar surface area (TPSA) is 84.5 Å². The van der Waals surface area contributed by atoms with Gasteiger partial charge in [0.05, 0.1) is 7.11 Å². The molecule has 1 heterocycles. The van der Waals surface area contributed by atoms with Gasteiger partial charge in [-0.25, -0.2) is 0 Å². The summed E-state index contributed by atoms with van der Waals surface area (Å²) in [5.41, 5.74) is 1.54. The molecule has 0 saturated carbocycles. The molecule has 2 atom stereocenters. The molecule has 1 saturated heterocycles.